The average Bonchev–Trinajstić information content (AvgIpc) is 2.76. The van der Waals surface area contributed by atoms with Crippen molar-refractivity contribution in [1.29, 1.82) is 0 Å². The summed E-state index contributed by atoms with van der Waals surface area (Å²) < 4.78 is 6.94. The normalized spacial score (nSPS) is 49.0. The molecule has 0 aromatic carbocycles. The number of ether oxygens (including phenoxy) is 1. The molecule has 0 aromatic heterocycles. The first-order chi connectivity index (χ1) is 9.69. The average molecular weight is 290 g/mol. The fourth-order valence-corrected chi connectivity index (χ4v) is 5.99. The number of allylic oxidation sites excluding steroid dienone is 1. The van der Waals surface area contributed by atoms with E-state index in [-0.39, 0.29) is 11.2 Å². The standard InChI is InChI=1S/C20H34O/c1-7-18(5)13-14-20(21-18)15(2)9-10-16-17(3,4)11-8-12-19(16,20)6/h9,16H,7-8,10-14H2,1-6H3. The highest BCUT2D eigenvalue weighted by Gasteiger charge is 2.64. The number of rotatable bonds is 1. The highest BCUT2D eigenvalue weighted by Crippen LogP contribution is 2.66. The van der Waals surface area contributed by atoms with Crippen molar-refractivity contribution in [3.05, 3.63) is 11.6 Å². The van der Waals surface area contributed by atoms with Gasteiger partial charge in [0.05, 0.1) is 11.2 Å². The molecule has 1 heteroatoms. The molecule has 0 radical (unpaired) electrons. The fraction of sp³-hybridized carbons (Fsp3) is 0.900. The number of fused-ring (bicyclic) bond motifs is 2. The maximum absolute atomic E-state index is 6.94. The van der Waals surface area contributed by atoms with Crippen LogP contribution in [0.25, 0.3) is 0 Å². The van der Waals surface area contributed by atoms with Crippen LogP contribution in [0.2, 0.25) is 0 Å². The molecule has 1 heterocycles. The molecule has 1 saturated heterocycles. The van der Waals surface area contributed by atoms with Crippen molar-refractivity contribution in [2.75, 3.05) is 0 Å². The van der Waals surface area contributed by atoms with Crippen LogP contribution in [0.15, 0.2) is 11.6 Å². The smallest absolute Gasteiger partial charge is 0.0953 e. The summed E-state index contributed by atoms with van der Waals surface area (Å²) in [5.74, 6) is 0.765. The number of hydrogen-bond donors (Lipinski definition) is 0. The summed E-state index contributed by atoms with van der Waals surface area (Å²) in [4.78, 5) is 0. The van der Waals surface area contributed by atoms with Crippen LogP contribution in [-0.4, -0.2) is 11.2 Å². The molecule has 0 amide bonds. The van der Waals surface area contributed by atoms with Crippen LogP contribution < -0.4 is 0 Å². The third-order valence-corrected chi connectivity index (χ3v) is 7.62. The van der Waals surface area contributed by atoms with Crippen LogP contribution in [-0.2, 0) is 4.74 Å². The van der Waals surface area contributed by atoms with Crippen LogP contribution in [0.1, 0.15) is 86.5 Å². The maximum atomic E-state index is 6.94. The van der Waals surface area contributed by atoms with E-state index >= 15 is 0 Å². The van der Waals surface area contributed by atoms with Gasteiger partial charge in [0.1, 0.15) is 0 Å². The first-order valence-electron chi connectivity index (χ1n) is 9.07. The molecule has 2 aliphatic carbocycles. The van der Waals surface area contributed by atoms with Crippen molar-refractivity contribution in [3.8, 4) is 0 Å². The molecule has 21 heavy (non-hydrogen) atoms. The van der Waals surface area contributed by atoms with Gasteiger partial charge in [-0.3, -0.25) is 0 Å². The molecule has 1 spiro atoms. The lowest BCUT2D eigenvalue weighted by Gasteiger charge is -2.61. The van der Waals surface area contributed by atoms with Crippen molar-refractivity contribution in [2.45, 2.75) is 97.7 Å². The molecule has 120 valence electrons. The summed E-state index contributed by atoms with van der Waals surface area (Å²) >= 11 is 0. The monoisotopic (exact) mass is 290 g/mol. The van der Waals surface area contributed by atoms with Crippen molar-refractivity contribution in [1.82, 2.24) is 0 Å². The van der Waals surface area contributed by atoms with E-state index in [0.717, 1.165) is 12.3 Å². The summed E-state index contributed by atoms with van der Waals surface area (Å²) in [6.07, 6.45) is 11.4. The zero-order valence-electron chi connectivity index (χ0n) is 15.0. The molecule has 0 bridgehead atoms. The minimum atomic E-state index is 0.0123. The van der Waals surface area contributed by atoms with Gasteiger partial charge in [0.25, 0.3) is 0 Å². The largest absolute Gasteiger partial charge is 0.364 e. The predicted molar refractivity (Wildman–Crippen MR) is 89.3 cm³/mol. The summed E-state index contributed by atoms with van der Waals surface area (Å²) in [6.45, 7) is 14.5. The lowest BCUT2D eigenvalue weighted by molar-refractivity contribution is -0.188. The highest BCUT2D eigenvalue weighted by atomic mass is 16.5. The van der Waals surface area contributed by atoms with Crippen molar-refractivity contribution in [2.24, 2.45) is 16.7 Å². The Labute approximate surface area is 131 Å². The van der Waals surface area contributed by atoms with Crippen molar-refractivity contribution < 1.29 is 4.74 Å². The molecule has 0 N–H and O–H groups in total. The van der Waals surface area contributed by atoms with Crippen molar-refractivity contribution >= 4 is 0 Å². The summed E-state index contributed by atoms with van der Waals surface area (Å²) in [5.41, 5.74) is 2.39. The zero-order chi connectivity index (χ0) is 15.5. The molecule has 3 aliphatic rings. The molecule has 0 aromatic rings. The minimum Gasteiger partial charge on any atom is -0.364 e. The molecular formula is C20H34O. The second-order valence-electron chi connectivity index (χ2n) is 9.17. The van der Waals surface area contributed by atoms with E-state index in [0.29, 0.717) is 10.8 Å². The third-order valence-electron chi connectivity index (χ3n) is 7.62. The van der Waals surface area contributed by atoms with Crippen LogP contribution in [0.5, 0.6) is 0 Å². The quantitative estimate of drug-likeness (QED) is 0.547. The molecule has 4 unspecified atom stereocenters. The topological polar surface area (TPSA) is 9.23 Å². The summed E-state index contributed by atoms with van der Waals surface area (Å²) in [6, 6.07) is 0. The Balaban J connectivity index is 2.07. The van der Waals surface area contributed by atoms with Crippen LogP contribution in [0.4, 0.5) is 0 Å². The molecular weight excluding hydrogens is 256 g/mol. The van der Waals surface area contributed by atoms with Gasteiger partial charge in [-0.1, -0.05) is 40.2 Å². The van der Waals surface area contributed by atoms with E-state index in [9.17, 15) is 0 Å². The Morgan fingerprint density at radius 2 is 1.81 bits per heavy atom. The van der Waals surface area contributed by atoms with E-state index in [2.05, 4.69) is 47.6 Å². The van der Waals surface area contributed by atoms with Gasteiger partial charge < -0.3 is 4.74 Å². The molecule has 2 fully saturated rings. The Morgan fingerprint density at radius 3 is 2.43 bits per heavy atom. The second kappa shape index (κ2) is 4.60. The van der Waals surface area contributed by atoms with E-state index in [1.807, 2.05) is 0 Å². The van der Waals surface area contributed by atoms with Gasteiger partial charge in [-0.05, 0) is 69.3 Å². The fourth-order valence-electron chi connectivity index (χ4n) is 5.99. The molecule has 1 aliphatic heterocycles. The molecule has 4 atom stereocenters. The third kappa shape index (κ3) is 1.99. The van der Waals surface area contributed by atoms with Gasteiger partial charge in [-0.25, -0.2) is 0 Å². The number of hydrogen-bond acceptors (Lipinski definition) is 1. The van der Waals surface area contributed by atoms with Crippen LogP contribution in [0, 0.1) is 16.7 Å². The van der Waals surface area contributed by atoms with Crippen molar-refractivity contribution in [3.63, 3.8) is 0 Å². The van der Waals surface area contributed by atoms with Gasteiger partial charge in [0, 0.05) is 5.41 Å². The van der Waals surface area contributed by atoms with E-state index in [4.69, 9.17) is 4.74 Å². The molecule has 1 nitrogen and oxygen atoms in total. The van der Waals surface area contributed by atoms with Gasteiger partial charge in [-0.15, -0.1) is 0 Å². The summed E-state index contributed by atoms with van der Waals surface area (Å²) in [7, 11) is 0. The van der Waals surface area contributed by atoms with Crippen LogP contribution >= 0.6 is 0 Å². The Bertz CT molecular complexity index is 462. The molecule has 3 rings (SSSR count). The van der Waals surface area contributed by atoms with Gasteiger partial charge >= 0.3 is 0 Å². The SMILES string of the molecule is CCC1(C)CCC2(O1)C(C)=CCC1C(C)(C)CCCC12C. The minimum absolute atomic E-state index is 0.0123. The predicted octanol–water partition coefficient (Wildman–Crippen LogP) is 5.89. The van der Waals surface area contributed by atoms with Gasteiger partial charge in [-0.2, -0.15) is 0 Å². The van der Waals surface area contributed by atoms with Gasteiger partial charge in [0.2, 0.25) is 0 Å². The second-order valence-corrected chi connectivity index (χ2v) is 9.17. The maximum Gasteiger partial charge on any atom is 0.0953 e. The van der Waals surface area contributed by atoms with E-state index < -0.39 is 0 Å². The molecule has 1 saturated carbocycles. The first kappa shape index (κ1) is 15.6. The Kier molecular flexibility index (Phi) is 3.41. The Hall–Kier alpha value is -0.300. The van der Waals surface area contributed by atoms with Crippen LogP contribution in [0.3, 0.4) is 0 Å². The zero-order valence-corrected chi connectivity index (χ0v) is 15.0. The van der Waals surface area contributed by atoms with E-state index in [1.165, 1.54) is 44.1 Å². The van der Waals surface area contributed by atoms with Gasteiger partial charge in [0.15, 0.2) is 0 Å². The first-order valence-corrected chi connectivity index (χ1v) is 9.07. The lowest BCUT2D eigenvalue weighted by atomic mass is 9.46. The lowest BCUT2D eigenvalue weighted by Crippen LogP contribution is -2.59. The Morgan fingerprint density at radius 1 is 1.10 bits per heavy atom. The highest BCUT2D eigenvalue weighted by molar-refractivity contribution is 5.30. The van der Waals surface area contributed by atoms with E-state index in [1.54, 1.807) is 0 Å². The summed E-state index contributed by atoms with van der Waals surface area (Å²) in [5, 5.41) is 0.